The van der Waals surface area contributed by atoms with Crippen molar-refractivity contribution in [1.82, 2.24) is 19.4 Å². The highest BCUT2D eigenvalue weighted by atomic mass is 35.5. The summed E-state index contributed by atoms with van der Waals surface area (Å²) in [6.45, 7) is 8.13. The lowest BCUT2D eigenvalue weighted by atomic mass is 9.99. The van der Waals surface area contributed by atoms with Crippen molar-refractivity contribution in [2.75, 3.05) is 23.7 Å². The first-order valence-corrected chi connectivity index (χ1v) is 15.9. The Labute approximate surface area is 259 Å². The lowest BCUT2D eigenvalue weighted by Crippen LogP contribution is -2.58. The quantitative estimate of drug-likeness (QED) is 0.230. The fourth-order valence-electron chi connectivity index (χ4n) is 6.17. The molecule has 43 heavy (non-hydrogen) atoms. The standard InChI is InChI=1S/C30H27ClF3N5O2S2/c1-4-24(40)39-16(2)11-37(12-17(39)3)28-21-9-22(30(32,33)34)25(23-8-20(31)15-42-23)27-26(21)38(29(41)36-28)13-19(14-43-27)18-6-5-7-35-10-18/h4-10,15-17,19H,1,11-14H2,2-3H3. The first-order valence-electron chi connectivity index (χ1n) is 13.6. The number of thioether (sulfide) groups is 1. The van der Waals surface area contributed by atoms with E-state index < -0.39 is 17.4 Å². The van der Waals surface area contributed by atoms with Crippen LogP contribution < -0.4 is 10.6 Å². The highest BCUT2D eigenvalue weighted by Crippen LogP contribution is 2.50. The Morgan fingerprint density at radius 3 is 2.53 bits per heavy atom. The van der Waals surface area contributed by atoms with Crippen LogP contribution in [-0.2, 0) is 17.5 Å². The van der Waals surface area contributed by atoms with Gasteiger partial charge in [0, 0.05) is 81.9 Å². The molecule has 5 heterocycles. The zero-order chi connectivity index (χ0) is 30.6. The molecule has 0 aliphatic carbocycles. The van der Waals surface area contributed by atoms with Gasteiger partial charge in [-0.1, -0.05) is 24.2 Å². The Balaban J connectivity index is 1.62. The van der Waals surface area contributed by atoms with Crippen molar-refractivity contribution in [1.29, 1.82) is 0 Å². The molecular weight excluding hydrogens is 619 g/mol. The van der Waals surface area contributed by atoms with Crippen LogP contribution in [0.15, 0.2) is 64.4 Å². The molecule has 224 valence electrons. The number of amides is 1. The number of pyridine rings is 1. The maximum Gasteiger partial charge on any atom is 0.417 e. The van der Waals surface area contributed by atoms with E-state index in [2.05, 4.69) is 16.5 Å². The number of nitrogens with zero attached hydrogens (tertiary/aromatic N) is 5. The number of hydrogen-bond donors (Lipinski definition) is 0. The van der Waals surface area contributed by atoms with Crippen LogP contribution in [0.4, 0.5) is 19.0 Å². The first kappa shape index (κ1) is 29.7. The monoisotopic (exact) mass is 645 g/mol. The molecule has 7 nitrogen and oxygen atoms in total. The molecule has 0 bridgehead atoms. The summed E-state index contributed by atoms with van der Waals surface area (Å²) in [5, 5.41) is 2.19. The molecule has 2 aliphatic rings. The van der Waals surface area contributed by atoms with E-state index in [4.69, 9.17) is 11.6 Å². The van der Waals surface area contributed by atoms with Crippen molar-refractivity contribution in [3.63, 3.8) is 0 Å². The molecule has 1 saturated heterocycles. The van der Waals surface area contributed by atoms with Gasteiger partial charge in [-0.05, 0) is 43.7 Å². The molecule has 3 aromatic heterocycles. The van der Waals surface area contributed by atoms with Crippen molar-refractivity contribution in [2.45, 2.75) is 49.5 Å². The molecule has 1 aromatic carbocycles. The van der Waals surface area contributed by atoms with E-state index in [1.54, 1.807) is 28.7 Å². The van der Waals surface area contributed by atoms with Crippen molar-refractivity contribution < 1.29 is 18.0 Å². The number of thiophene rings is 1. The summed E-state index contributed by atoms with van der Waals surface area (Å²) in [7, 11) is 0. The molecule has 13 heteroatoms. The van der Waals surface area contributed by atoms with Crippen LogP contribution in [0.1, 0.15) is 30.9 Å². The molecule has 3 atom stereocenters. The highest BCUT2D eigenvalue weighted by Gasteiger charge is 2.40. The molecule has 4 aromatic rings. The minimum absolute atomic E-state index is 0.0159. The summed E-state index contributed by atoms with van der Waals surface area (Å²) in [6.07, 6.45) is -0.0658. The number of halogens is 4. The number of aromatic nitrogens is 3. The van der Waals surface area contributed by atoms with Crippen molar-refractivity contribution >= 4 is 57.3 Å². The number of benzene rings is 1. The third kappa shape index (κ3) is 5.33. The zero-order valence-corrected chi connectivity index (χ0v) is 25.7. The van der Waals surface area contributed by atoms with E-state index in [1.165, 1.54) is 28.5 Å². The molecule has 0 N–H and O–H groups in total. The Hall–Kier alpha value is -3.35. The van der Waals surface area contributed by atoms with E-state index in [0.29, 0.717) is 39.2 Å². The van der Waals surface area contributed by atoms with Crippen LogP contribution in [-0.4, -0.2) is 56.3 Å². The molecule has 1 amide bonds. The zero-order valence-electron chi connectivity index (χ0n) is 23.3. The molecule has 0 radical (unpaired) electrons. The highest BCUT2D eigenvalue weighted by molar-refractivity contribution is 7.99. The van der Waals surface area contributed by atoms with Gasteiger partial charge >= 0.3 is 11.9 Å². The van der Waals surface area contributed by atoms with Gasteiger partial charge in [0.2, 0.25) is 5.91 Å². The van der Waals surface area contributed by atoms with Crippen LogP contribution in [0.2, 0.25) is 5.02 Å². The lowest BCUT2D eigenvalue weighted by Gasteiger charge is -2.44. The maximum absolute atomic E-state index is 14.9. The number of rotatable bonds is 4. The predicted molar refractivity (Wildman–Crippen MR) is 165 cm³/mol. The Morgan fingerprint density at radius 2 is 1.93 bits per heavy atom. The SMILES string of the molecule is C=CC(=O)N1C(C)CN(c2nc(=O)n3c4c(c(-c5cc(Cl)cs5)c(C(F)(F)F)cc24)SCC(c2cccnc2)C3)CC1C. The molecule has 6 rings (SSSR count). The van der Waals surface area contributed by atoms with Gasteiger partial charge in [0.15, 0.2) is 0 Å². The molecule has 1 fully saturated rings. The second kappa shape index (κ2) is 11.3. The van der Waals surface area contributed by atoms with E-state index in [9.17, 15) is 22.8 Å². The van der Waals surface area contributed by atoms with Gasteiger partial charge in [-0.2, -0.15) is 18.2 Å². The van der Waals surface area contributed by atoms with Crippen molar-refractivity contribution in [2.24, 2.45) is 0 Å². The fraction of sp³-hybridized carbons (Fsp3) is 0.333. The van der Waals surface area contributed by atoms with Crippen LogP contribution >= 0.6 is 34.7 Å². The number of anilines is 1. The van der Waals surface area contributed by atoms with Gasteiger partial charge in [-0.25, -0.2) is 4.79 Å². The molecule has 2 aliphatic heterocycles. The summed E-state index contributed by atoms with van der Waals surface area (Å²) in [6, 6.07) is 5.79. The summed E-state index contributed by atoms with van der Waals surface area (Å²) in [4.78, 5) is 39.3. The van der Waals surface area contributed by atoms with Gasteiger partial charge < -0.3 is 9.80 Å². The Bertz CT molecular complexity index is 1780. The van der Waals surface area contributed by atoms with Crippen LogP contribution in [0.3, 0.4) is 0 Å². The number of alkyl halides is 3. The number of carbonyl (C=O) groups is 1. The average Bonchev–Trinajstić information content (AvgIpc) is 3.29. The van der Waals surface area contributed by atoms with E-state index in [0.717, 1.165) is 23.0 Å². The number of piperazine rings is 1. The van der Waals surface area contributed by atoms with Crippen LogP contribution in [0, 0.1) is 0 Å². The summed E-state index contributed by atoms with van der Waals surface area (Å²) in [5.41, 5.74) is -0.0315. The third-order valence-electron chi connectivity index (χ3n) is 7.95. The predicted octanol–water partition coefficient (Wildman–Crippen LogP) is 6.69. The topological polar surface area (TPSA) is 71.3 Å². The van der Waals surface area contributed by atoms with Crippen molar-refractivity contribution in [3.8, 4) is 10.4 Å². The van der Waals surface area contributed by atoms with E-state index in [-0.39, 0.29) is 47.2 Å². The summed E-state index contributed by atoms with van der Waals surface area (Å²) < 4.78 is 46.2. The molecule has 3 unspecified atom stereocenters. The van der Waals surface area contributed by atoms with Crippen LogP contribution in [0.25, 0.3) is 21.3 Å². The molecular formula is C30H27ClF3N5O2S2. The molecule has 0 spiro atoms. The largest absolute Gasteiger partial charge is 0.417 e. The number of hydrogen-bond acceptors (Lipinski definition) is 7. The van der Waals surface area contributed by atoms with Gasteiger partial charge in [0.1, 0.15) is 5.82 Å². The lowest BCUT2D eigenvalue weighted by molar-refractivity contribution is -0.137. The van der Waals surface area contributed by atoms with E-state index >= 15 is 0 Å². The summed E-state index contributed by atoms with van der Waals surface area (Å²) in [5.74, 6) is 0.199. The smallest absolute Gasteiger partial charge is 0.352 e. The Kier molecular flexibility index (Phi) is 7.80. The number of carbonyl (C=O) groups excluding carboxylic acids is 1. The fourth-order valence-corrected chi connectivity index (χ4v) is 8.76. The second-order valence-corrected chi connectivity index (χ2v) is 13.2. The minimum atomic E-state index is -4.69. The second-order valence-electron chi connectivity index (χ2n) is 10.8. The normalized spacial score (nSPS) is 20.7. The average molecular weight is 646 g/mol. The van der Waals surface area contributed by atoms with Gasteiger partial charge in [-0.3, -0.25) is 14.3 Å². The Morgan fingerprint density at radius 1 is 1.19 bits per heavy atom. The maximum atomic E-state index is 14.9. The summed E-state index contributed by atoms with van der Waals surface area (Å²) >= 11 is 8.64. The minimum Gasteiger partial charge on any atom is -0.352 e. The van der Waals surface area contributed by atoms with Gasteiger partial charge in [-0.15, -0.1) is 23.1 Å². The third-order valence-corrected chi connectivity index (χ3v) is 10.5. The van der Waals surface area contributed by atoms with Crippen LogP contribution in [0.5, 0.6) is 0 Å². The van der Waals surface area contributed by atoms with Crippen molar-refractivity contribution in [3.05, 3.63) is 81.3 Å². The van der Waals surface area contributed by atoms with E-state index in [1.807, 2.05) is 24.8 Å². The van der Waals surface area contributed by atoms with Gasteiger partial charge in [0.25, 0.3) is 0 Å². The first-order chi connectivity index (χ1) is 20.5. The van der Waals surface area contributed by atoms with Gasteiger partial charge in [0.05, 0.1) is 16.1 Å². The molecule has 0 saturated carbocycles.